The molecule has 0 saturated heterocycles. The second kappa shape index (κ2) is 15.0. The van der Waals surface area contributed by atoms with Crippen molar-refractivity contribution in [1.29, 1.82) is 0 Å². The number of amides is 1. The van der Waals surface area contributed by atoms with E-state index in [1.54, 1.807) is 67.6 Å². The second-order valence-electron chi connectivity index (χ2n) is 7.80. The fourth-order valence-corrected chi connectivity index (χ4v) is 2.97. The Morgan fingerprint density at radius 3 is 2.06 bits per heavy atom. The molecule has 0 aliphatic rings. The van der Waals surface area contributed by atoms with Crippen LogP contribution in [-0.2, 0) is 14.4 Å². The molecule has 1 atom stereocenters. The Balaban J connectivity index is 0.00000612. The zero-order chi connectivity index (χ0) is 25.1. The Morgan fingerprint density at radius 2 is 1.54 bits per heavy atom. The summed E-state index contributed by atoms with van der Waals surface area (Å²) in [6.45, 7) is 0.0463. The van der Waals surface area contributed by atoms with Gasteiger partial charge in [-0.2, -0.15) is 0 Å². The number of aliphatic carboxylic acids is 1. The van der Waals surface area contributed by atoms with Crippen LogP contribution in [0.5, 0.6) is 5.75 Å². The summed E-state index contributed by atoms with van der Waals surface area (Å²) in [5, 5.41) is 20.6. The molecule has 0 aliphatic carbocycles. The van der Waals surface area contributed by atoms with Gasteiger partial charge in [-0.25, -0.2) is 0 Å². The third-order valence-electron chi connectivity index (χ3n) is 4.78. The van der Waals surface area contributed by atoms with Crippen molar-refractivity contribution in [2.45, 2.75) is 25.7 Å². The fraction of sp³-hybridized carbons (Fsp3) is 0.333. The molecule has 0 heterocycles. The summed E-state index contributed by atoms with van der Waals surface area (Å²) >= 11 is 0. The molecule has 0 radical (unpaired) electrons. The van der Waals surface area contributed by atoms with E-state index in [-0.39, 0.29) is 73.4 Å². The zero-order valence-electron chi connectivity index (χ0n) is 20.1. The molecule has 1 amide bonds. The summed E-state index contributed by atoms with van der Waals surface area (Å²) in [5.41, 5.74) is 6.62. The van der Waals surface area contributed by atoms with Gasteiger partial charge < -0.3 is 20.4 Å². The van der Waals surface area contributed by atoms with Crippen LogP contribution in [0.4, 0.5) is 5.69 Å². The zero-order valence-corrected chi connectivity index (χ0v) is 22.1. The van der Waals surface area contributed by atoms with Gasteiger partial charge in [0, 0.05) is 56.4 Å². The molecule has 2 aromatic carbocycles. The van der Waals surface area contributed by atoms with Gasteiger partial charge in [-0.05, 0) is 55.0 Å². The normalized spacial score (nSPS) is 11.4. The molecular formula is C24H27N4NaO6. The molecule has 0 fully saturated rings. The first-order valence-corrected chi connectivity index (χ1v) is 10.6. The summed E-state index contributed by atoms with van der Waals surface area (Å²) < 4.78 is 5.52. The molecule has 0 aliphatic heterocycles. The molecule has 0 bridgehead atoms. The maximum Gasteiger partial charge on any atom is 1.00 e. The summed E-state index contributed by atoms with van der Waals surface area (Å²) in [5.74, 6) is -3.10. The topological polar surface area (TPSA) is 155 Å². The van der Waals surface area contributed by atoms with Crippen LogP contribution in [0.1, 0.15) is 41.6 Å². The van der Waals surface area contributed by atoms with Crippen molar-refractivity contribution in [3.05, 3.63) is 59.7 Å². The number of carbonyl (C=O) groups excluding carboxylic acids is 4. The van der Waals surface area contributed by atoms with Gasteiger partial charge in [-0.1, -0.05) is 5.22 Å². The molecule has 0 spiro atoms. The minimum absolute atomic E-state index is 0. The van der Waals surface area contributed by atoms with Gasteiger partial charge in [-0.3, -0.25) is 19.4 Å². The van der Waals surface area contributed by atoms with E-state index in [0.717, 1.165) is 0 Å². The Kier molecular flexibility index (Phi) is 12.9. The number of benzene rings is 2. The van der Waals surface area contributed by atoms with Gasteiger partial charge in [0.25, 0.3) is 0 Å². The number of carbonyl (C=O) groups is 4. The number of carboxylic acid groups (broad SMARTS) is 1. The van der Waals surface area contributed by atoms with E-state index in [0.29, 0.717) is 22.6 Å². The Labute approximate surface area is 225 Å². The predicted octanol–water partition coefficient (Wildman–Crippen LogP) is -1.16. The first-order valence-electron chi connectivity index (χ1n) is 10.6. The second-order valence-corrected chi connectivity index (χ2v) is 7.80. The van der Waals surface area contributed by atoms with Crippen molar-refractivity contribution >= 4 is 29.1 Å². The molecule has 11 heteroatoms. The Bertz CT molecular complexity index is 1040. The summed E-state index contributed by atoms with van der Waals surface area (Å²) in [7, 11) is 3.52. The summed E-state index contributed by atoms with van der Waals surface area (Å²) in [6.07, 6.45) is -0.415. The smallest absolute Gasteiger partial charge is 0.550 e. The molecule has 0 aromatic heterocycles. The quantitative estimate of drug-likeness (QED) is 0.152. The molecular weight excluding hydrogens is 463 g/mol. The van der Waals surface area contributed by atoms with E-state index < -0.39 is 17.8 Å². The molecule has 35 heavy (non-hydrogen) atoms. The average Bonchev–Trinajstić information content (AvgIpc) is 2.80. The number of nitrogens with two attached hydrogens (primary N) is 1. The molecule has 0 saturated carbocycles. The van der Waals surface area contributed by atoms with Crippen LogP contribution >= 0.6 is 0 Å². The number of ether oxygens (including phenoxy) is 1. The van der Waals surface area contributed by atoms with Crippen LogP contribution in [0.3, 0.4) is 0 Å². The average molecular weight is 490 g/mol. The number of Topliss-reactive ketones (excluding diaryl/α,β-unsaturated/α-hetero) is 1. The summed E-state index contributed by atoms with van der Waals surface area (Å²) in [4.78, 5) is 46.6. The van der Waals surface area contributed by atoms with E-state index in [1.165, 1.54) is 0 Å². The van der Waals surface area contributed by atoms with Crippen LogP contribution in [-0.4, -0.2) is 49.2 Å². The number of hydrogen-bond acceptors (Lipinski definition) is 8. The van der Waals surface area contributed by atoms with E-state index in [1.807, 2.05) is 0 Å². The van der Waals surface area contributed by atoms with Gasteiger partial charge in [0.2, 0.25) is 5.91 Å². The number of primary amides is 1. The number of ketones is 2. The molecule has 2 N–H and O–H groups in total. The SMILES string of the molecule is CN(C)N=Nc1ccc(C(=O)c2ccc(OCCC(=O)CC(CCC(N)=O)C(=O)[O-])cc2)cc1.[Na+]. The van der Waals surface area contributed by atoms with Crippen LogP contribution in [0.25, 0.3) is 0 Å². The van der Waals surface area contributed by atoms with Crippen LogP contribution in [0, 0.1) is 5.92 Å². The van der Waals surface area contributed by atoms with Crippen molar-refractivity contribution in [3.8, 4) is 5.75 Å². The summed E-state index contributed by atoms with van der Waals surface area (Å²) in [6, 6.07) is 13.2. The molecule has 2 rings (SSSR count). The number of nitrogens with zero attached hydrogens (tertiary/aromatic N) is 3. The van der Waals surface area contributed by atoms with Crippen molar-refractivity contribution in [3.63, 3.8) is 0 Å². The van der Waals surface area contributed by atoms with Gasteiger partial charge >= 0.3 is 29.6 Å². The Morgan fingerprint density at radius 1 is 0.971 bits per heavy atom. The standard InChI is InChI=1S/C24H28N4O6.Na/c1-28(2)27-26-19-8-3-16(4-9-19)23(31)17-5-10-21(11-6-17)34-14-13-20(29)15-18(24(32)33)7-12-22(25)30;/h3-6,8-11,18H,7,12-15H2,1-2H3,(H2,25,30)(H,32,33);/q;+1/p-1. The maximum atomic E-state index is 12.7. The number of hydrogen-bond donors (Lipinski definition) is 1. The maximum absolute atomic E-state index is 12.7. The van der Waals surface area contributed by atoms with E-state index in [9.17, 15) is 24.3 Å². The minimum Gasteiger partial charge on any atom is -0.550 e. The van der Waals surface area contributed by atoms with Crippen LogP contribution < -0.4 is 45.1 Å². The number of carboxylic acids is 1. The third-order valence-corrected chi connectivity index (χ3v) is 4.78. The largest absolute Gasteiger partial charge is 1.00 e. The van der Waals surface area contributed by atoms with Gasteiger partial charge in [0.1, 0.15) is 11.5 Å². The first-order chi connectivity index (χ1) is 16.2. The minimum atomic E-state index is -1.39. The first kappa shape index (κ1) is 30.0. The predicted molar refractivity (Wildman–Crippen MR) is 121 cm³/mol. The molecule has 10 nitrogen and oxygen atoms in total. The monoisotopic (exact) mass is 490 g/mol. The van der Waals surface area contributed by atoms with E-state index >= 15 is 0 Å². The number of rotatable bonds is 14. The molecule has 180 valence electrons. The van der Waals surface area contributed by atoms with Crippen LogP contribution in [0.15, 0.2) is 58.9 Å². The third kappa shape index (κ3) is 10.8. The molecule has 1 unspecified atom stereocenters. The van der Waals surface area contributed by atoms with Gasteiger partial charge in [0.05, 0.1) is 12.3 Å². The van der Waals surface area contributed by atoms with E-state index in [4.69, 9.17) is 10.5 Å². The van der Waals surface area contributed by atoms with Crippen molar-refractivity contribution in [2.75, 3.05) is 20.7 Å². The van der Waals surface area contributed by atoms with Crippen molar-refractivity contribution in [2.24, 2.45) is 22.0 Å². The van der Waals surface area contributed by atoms with E-state index in [2.05, 4.69) is 10.3 Å². The Hall–Kier alpha value is -3.08. The molecule has 2 aromatic rings. The fourth-order valence-electron chi connectivity index (χ4n) is 2.97. The van der Waals surface area contributed by atoms with Gasteiger partial charge in [0.15, 0.2) is 5.78 Å². The van der Waals surface area contributed by atoms with Crippen molar-refractivity contribution < 1.29 is 58.6 Å². The van der Waals surface area contributed by atoms with Crippen molar-refractivity contribution in [1.82, 2.24) is 5.01 Å². The van der Waals surface area contributed by atoms with Crippen LogP contribution in [0.2, 0.25) is 0 Å². The van der Waals surface area contributed by atoms with Gasteiger partial charge in [-0.15, -0.1) is 5.11 Å².